The lowest BCUT2D eigenvalue weighted by Gasteiger charge is -2.41. The quantitative estimate of drug-likeness (QED) is 0.565. The standard InChI is InChI=1S/C16H26O3/c1-5-6-7-12(17)13(18)19-14-15(2,3)11-8-9-16(14,4)10-11/h11,14H,5-10H2,1-4H3/t11-,14-,16+/m0/s1. The van der Waals surface area contributed by atoms with E-state index in [1.54, 1.807) is 0 Å². The van der Waals surface area contributed by atoms with Crippen molar-refractivity contribution in [3.05, 3.63) is 0 Å². The molecular weight excluding hydrogens is 240 g/mol. The second-order valence-corrected chi connectivity index (χ2v) is 7.23. The van der Waals surface area contributed by atoms with E-state index in [1.807, 2.05) is 6.92 Å². The fourth-order valence-corrected chi connectivity index (χ4v) is 4.16. The predicted octanol–water partition coefficient (Wildman–Crippen LogP) is 3.50. The fourth-order valence-electron chi connectivity index (χ4n) is 4.16. The maximum Gasteiger partial charge on any atom is 0.374 e. The van der Waals surface area contributed by atoms with Gasteiger partial charge in [0.05, 0.1) is 0 Å². The van der Waals surface area contributed by atoms with Crippen molar-refractivity contribution in [2.45, 2.75) is 72.3 Å². The molecule has 0 aromatic carbocycles. The first-order valence-electron chi connectivity index (χ1n) is 7.55. The molecular formula is C16H26O3. The van der Waals surface area contributed by atoms with Gasteiger partial charge in [0.1, 0.15) is 6.10 Å². The number of unbranched alkanes of at least 4 members (excludes halogenated alkanes) is 1. The summed E-state index contributed by atoms with van der Waals surface area (Å²) in [5, 5.41) is 0. The van der Waals surface area contributed by atoms with Crippen molar-refractivity contribution < 1.29 is 14.3 Å². The number of carbonyl (C=O) groups is 2. The lowest BCUT2D eigenvalue weighted by Crippen LogP contribution is -2.44. The molecule has 0 aromatic heterocycles. The topological polar surface area (TPSA) is 43.4 Å². The maximum absolute atomic E-state index is 11.9. The molecule has 0 amide bonds. The van der Waals surface area contributed by atoms with E-state index in [-0.39, 0.29) is 22.7 Å². The first-order valence-corrected chi connectivity index (χ1v) is 7.55. The summed E-state index contributed by atoms with van der Waals surface area (Å²) in [6, 6.07) is 0. The van der Waals surface area contributed by atoms with Crippen LogP contribution in [-0.4, -0.2) is 17.9 Å². The lowest BCUT2D eigenvalue weighted by atomic mass is 9.70. The van der Waals surface area contributed by atoms with Crippen LogP contribution in [0.25, 0.3) is 0 Å². The molecule has 0 aromatic rings. The molecule has 0 saturated heterocycles. The van der Waals surface area contributed by atoms with Gasteiger partial charge in [-0.05, 0) is 31.6 Å². The number of carbonyl (C=O) groups excluding carboxylic acids is 2. The van der Waals surface area contributed by atoms with Crippen LogP contribution in [-0.2, 0) is 14.3 Å². The summed E-state index contributed by atoms with van der Waals surface area (Å²) in [5.74, 6) is -0.342. The number of ketones is 1. The van der Waals surface area contributed by atoms with Gasteiger partial charge in [-0.15, -0.1) is 0 Å². The van der Waals surface area contributed by atoms with Gasteiger partial charge in [-0.3, -0.25) is 4.79 Å². The minimum absolute atomic E-state index is 0.00764. The first kappa shape index (κ1) is 14.5. The molecule has 2 aliphatic rings. The van der Waals surface area contributed by atoms with Crippen molar-refractivity contribution in [1.82, 2.24) is 0 Å². The molecule has 3 atom stereocenters. The van der Waals surface area contributed by atoms with E-state index in [4.69, 9.17) is 4.74 Å². The Labute approximate surface area is 116 Å². The summed E-state index contributed by atoms with van der Waals surface area (Å²) in [5.41, 5.74) is 0.0859. The monoisotopic (exact) mass is 266 g/mol. The van der Waals surface area contributed by atoms with E-state index in [1.165, 1.54) is 6.42 Å². The Balaban J connectivity index is 2.02. The number of hydrogen-bond acceptors (Lipinski definition) is 3. The summed E-state index contributed by atoms with van der Waals surface area (Å²) in [7, 11) is 0. The highest BCUT2D eigenvalue weighted by molar-refractivity contribution is 6.33. The highest BCUT2D eigenvalue weighted by Gasteiger charge is 2.61. The van der Waals surface area contributed by atoms with Crippen molar-refractivity contribution >= 4 is 11.8 Å². The van der Waals surface area contributed by atoms with Gasteiger partial charge in [0.15, 0.2) is 0 Å². The van der Waals surface area contributed by atoms with Gasteiger partial charge in [0, 0.05) is 17.3 Å². The zero-order valence-corrected chi connectivity index (χ0v) is 12.6. The smallest absolute Gasteiger partial charge is 0.374 e. The average Bonchev–Trinajstić information content (AvgIpc) is 2.82. The molecule has 2 fully saturated rings. The number of hydrogen-bond donors (Lipinski definition) is 0. The van der Waals surface area contributed by atoms with E-state index in [0.29, 0.717) is 12.3 Å². The van der Waals surface area contributed by atoms with Gasteiger partial charge in [-0.2, -0.15) is 0 Å². The van der Waals surface area contributed by atoms with E-state index in [0.717, 1.165) is 25.7 Å². The van der Waals surface area contributed by atoms with Crippen LogP contribution >= 0.6 is 0 Å². The Morgan fingerprint density at radius 2 is 1.95 bits per heavy atom. The zero-order chi connectivity index (χ0) is 14.3. The maximum atomic E-state index is 11.9. The first-order chi connectivity index (χ1) is 8.81. The van der Waals surface area contributed by atoms with Crippen LogP contribution in [0.3, 0.4) is 0 Å². The Kier molecular flexibility index (Phi) is 3.76. The molecule has 2 saturated carbocycles. The van der Waals surface area contributed by atoms with Gasteiger partial charge >= 0.3 is 5.97 Å². The van der Waals surface area contributed by atoms with Crippen molar-refractivity contribution in [1.29, 1.82) is 0 Å². The van der Waals surface area contributed by atoms with Crippen LogP contribution < -0.4 is 0 Å². The fraction of sp³-hybridized carbons (Fsp3) is 0.875. The van der Waals surface area contributed by atoms with Gasteiger partial charge in [-0.1, -0.05) is 34.1 Å². The van der Waals surface area contributed by atoms with Crippen molar-refractivity contribution in [3.63, 3.8) is 0 Å². The summed E-state index contributed by atoms with van der Waals surface area (Å²) in [6.45, 7) is 8.57. The number of ether oxygens (including phenoxy) is 1. The van der Waals surface area contributed by atoms with Crippen LogP contribution in [0.1, 0.15) is 66.2 Å². The molecule has 3 nitrogen and oxygen atoms in total. The molecule has 108 valence electrons. The largest absolute Gasteiger partial charge is 0.455 e. The molecule has 0 unspecified atom stereocenters. The van der Waals surface area contributed by atoms with Crippen molar-refractivity contribution in [2.75, 3.05) is 0 Å². The Morgan fingerprint density at radius 3 is 2.47 bits per heavy atom. The Hall–Kier alpha value is -0.860. The highest BCUT2D eigenvalue weighted by atomic mass is 16.6. The zero-order valence-electron chi connectivity index (χ0n) is 12.6. The van der Waals surface area contributed by atoms with E-state index < -0.39 is 5.97 Å². The van der Waals surface area contributed by atoms with Crippen LogP contribution in [0.2, 0.25) is 0 Å². The predicted molar refractivity (Wildman–Crippen MR) is 73.6 cm³/mol. The van der Waals surface area contributed by atoms with E-state index in [2.05, 4.69) is 20.8 Å². The van der Waals surface area contributed by atoms with Gasteiger partial charge in [0.2, 0.25) is 5.78 Å². The van der Waals surface area contributed by atoms with Crippen molar-refractivity contribution in [3.8, 4) is 0 Å². The Bertz CT molecular complexity index is 381. The van der Waals surface area contributed by atoms with E-state index >= 15 is 0 Å². The number of Topliss-reactive ketones (excluding diaryl/α,β-unsaturated/α-hetero) is 1. The normalized spacial score (nSPS) is 35.4. The minimum Gasteiger partial charge on any atom is -0.455 e. The van der Waals surface area contributed by atoms with Crippen molar-refractivity contribution in [2.24, 2.45) is 16.7 Å². The van der Waals surface area contributed by atoms with Gasteiger partial charge in [-0.25, -0.2) is 4.79 Å². The second kappa shape index (κ2) is 4.92. The average molecular weight is 266 g/mol. The van der Waals surface area contributed by atoms with Crippen LogP contribution in [0, 0.1) is 16.7 Å². The third-order valence-electron chi connectivity index (χ3n) is 5.35. The van der Waals surface area contributed by atoms with Crippen LogP contribution in [0.15, 0.2) is 0 Å². The number of rotatable bonds is 5. The molecule has 3 heteroatoms. The van der Waals surface area contributed by atoms with Crippen LogP contribution in [0.5, 0.6) is 0 Å². The van der Waals surface area contributed by atoms with Gasteiger partial charge < -0.3 is 4.74 Å². The molecule has 2 aliphatic carbocycles. The highest BCUT2D eigenvalue weighted by Crippen LogP contribution is 2.63. The molecule has 0 heterocycles. The molecule has 0 N–H and O–H groups in total. The summed E-state index contributed by atoms with van der Waals surface area (Å²) >= 11 is 0. The summed E-state index contributed by atoms with van der Waals surface area (Å²) in [6.07, 6.45) is 5.37. The van der Waals surface area contributed by atoms with Crippen LogP contribution in [0.4, 0.5) is 0 Å². The summed E-state index contributed by atoms with van der Waals surface area (Å²) in [4.78, 5) is 23.7. The van der Waals surface area contributed by atoms with E-state index in [9.17, 15) is 9.59 Å². The third-order valence-corrected chi connectivity index (χ3v) is 5.35. The Morgan fingerprint density at radius 1 is 1.26 bits per heavy atom. The molecule has 19 heavy (non-hydrogen) atoms. The summed E-state index contributed by atoms with van der Waals surface area (Å²) < 4.78 is 5.63. The SMILES string of the molecule is CCCCC(=O)C(=O)O[C@H]1C(C)(C)[C@H]2CC[C@]1(C)C2. The lowest BCUT2D eigenvalue weighted by molar-refractivity contribution is -0.169. The molecule has 0 spiro atoms. The number of esters is 1. The third kappa shape index (κ3) is 2.44. The number of fused-ring (bicyclic) bond motifs is 2. The second-order valence-electron chi connectivity index (χ2n) is 7.23. The molecule has 0 radical (unpaired) electrons. The molecule has 2 rings (SSSR count). The van der Waals surface area contributed by atoms with Gasteiger partial charge in [0.25, 0.3) is 0 Å². The minimum atomic E-state index is -0.611. The molecule has 0 aliphatic heterocycles. The molecule has 2 bridgehead atoms.